The predicted octanol–water partition coefficient (Wildman–Crippen LogP) is 1.69. The zero-order valence-corrected chi connectivity index (χ0v) is 33.1. The van der Waals surface area contributed by atoms with Gasteiger partial charge in [-0.1, -0.05) is 0 Å². The smallest absolute Gasteiger partial charge is 0.340 e. The molecule has 0 unspecified atom stereocenters. The van der Waals surface area contributed by atoms with Crippen LogP contribution in [-0.4, -0.2) is 144 Å². The Labute approximate surface area is 370 Å². The van der Waals surface area contributed by atoms with Crippen LogP contribution in [0.4, 0.5) is 0 Å². The standard InChI is InChI=1S/C41H32O26/c42-17-1-12(2-18(43)28(17)52)36(57)62-11-27-33(64-37(58)13-3-19(44)29(53)20(45)4-13)34(65-38(59)14-5-21(46)30(54)22(47)6-14)35(66-39(60)15-7-23(48)31(55)24(49)8-15)41(63-27)67-40(61)16-9-25(50)32(56)26(51)10-16/h1-10,27,33-35,41-56H,11H2/t27-,33+,34-,35-,41+/m1/s1. The van der Waals surface area contributed by atoms with Crippen molar-refractivity contribution in [2.45, 2.75) is 30.7 Å². The minimum atomic E-state index is -2.56. The molecular formula is C41H32O26. The molecule has 0 radical (unpaired) electrons. The fourth-order valence-corrected chi connectivity index (χ4v) is 6.11. The molecule has 0 spiro atoms. The van der Waals surface area contributed by atoms with Crippen molar-refractivity contribution in [3.05, 3.63) is 88.5 Å². The quantitative estimate of drug-likeness (QED) is 0.0509. The Morgan fingerprint density at radius 1 is 0.343 bits per heavy atom. The monoisotopic (exact) mass is 940 g/mol. The van der Waals surface area contributed by atoms with E-state index in [1.165, 1.54) is 0 Å². The summed E-state index contributed by atoms with van der Waals surface area (Å²) in [5.74, 6) is -24.5. The summed E-state index contributed by atoms with van der Waals surface area (Å²) in [4.78, 5) is 68.5. The lowest BCUT2D eigenvalue weighted by Crippen LogP contribution is -2.63. The summed E-state index contributed by atoms with van der Waals surface area (Å²) in [6, 6.07) is 5.60. The van der Waals surface area contributed by atoms with Crippen molar-refractivity contribution < 1.29 is 129 Å². The summed E-state index contributed by atoms with van der Waals surface area (Å²) in [5, 5.41) is 150. The summed E-state index contributed by atoms with van der Waals surface area (Å²) >= 11 is 0. The van der Waals surface area contributed by atoms with E-state index in [2.05, 4.69) is 0 Å². The molecule has 1 aliphatic heterocycles. The molecule has 6 rings (SSSR count). The van der Waals surface area contributed by atoms with Gasteiger partial charge in [-0.2, -0.15) is 0 Å². The number of benzene rings is 5. The number of esters is 5. The van der Waals surface area contributed by atoms with Crippen LogP contribution in [0.5, 0.6) is 86.2 Å². The third-order valence-corrected chi connectivity index (χ3v) is 9.45. The SMILES string of the molecule is O=C(OC[C@H]1O[C@@H](OC(=O)c2cc(O)c(O)c(O)c2)[C@H](OC(=O)c2cc(O)c(O)c(O)c2)[C@H](OC(=O)c2cc(O)c(O)c(O)c2)[C@H]1OC(=O)c1cc(O)c(O)c(O)c1)c1cc(O)c(O)c(O)c1. The van der Waals surface area contributed by atoms with Crippen LogP contribution in [0.15, 0.2) is 60.7 Å². The van der Waals surface area contributed by atoms with Gasteiger partial charge in [-0.25, -0.2) is 24.0 Å². The number of rotatable bonds is 11. The number of phenolic OH excluding ortho intramolecular Hbond substituents is 15. The maximum atomic E-state index is 13.9. The summed E-state index contributed by atoms with van der Waals surface area (Å²) in [7, 11) is 0. The number of hydrogen-bond acceptors (Lipinski definition) is 26. The zero-order valence-electron chi connectivity index (χ0n) is 33.1. The first-order chi connectivity index (χ1) is 31.4. The van der Waals surface area contributed by atoms with Gasteiger partial charge in [-0.05, 0) is 60.7 Å². The molecule has 5 aromatic rings. The van der Waals surface area contributed by atoms with E-state index in [0.717, 1.165) is 0 Å². The topological polar surface area (TPSA) is 444 Å². The summed E-state index contributed by atoms with van der Waals surface area (Å²) < 4.78 is 33.2. The summed E-state index contributed by atoms with van der Waals surface area (Å²) in [6.45, 7) is -1.25. The number of aromatic hydroxyl groups is 15. The minimum absolute atomic E-state index is 0.534. The van der Waals surface area contributed by atoms with E-state index in [9.17, 15) is 101 Å². The summed E-state index contributed by atoms with van der Waals surface area (Å²) in [6.07, 6.45) is -12.2. The molecule has 67 heavy (non-hydrogen) atoms. The molecule has 26 nitrogen and oxygen atoms in total. The molecule has 1 saturated heterocycles. The van der Waals surface area contributed by atoms with Gasteiger partial charge in [0.15, 0.2) is 98.5 Å². The number of hydrogen-bond donors (Lipinski definition) is 15. The van der Waals surface area contributed by atoms with E-state index in [4.69, 9.17) is 28.4 Å². The molecule has 1 aliphatic rings. The molecule has 352 valence electrons. The average Bonchev–Trinajstić information content (AvgIpc) is 3.27. The highest BCUT2D eigenvalue weighted by atomic mass is 16.7. The van der Waals surface area contributed by atoms with Gasteiger partial charge in [0.05, 0.1) is 27.8 Å². The molecule has 15 N–H and O–H groups in total. The number of phenols is 15. The van der Waals surface area contributed by atoms with Gasteiger partial charge >= 0.3 is 29.8 Å². The lowest BCUT2D eigenvalue weighted by atomic mass is 9.97. The Morgan fingerprint density at radius 3 is 0.881 bits per heavy atom. The van der Waals surface area contributed by atoms with Gasteiger partial charge in [0.1, 0.15) is 12.7 Å². The molecule has 0 aromatic heterocycles. The Morgan fingerprint density at radius 2 is 0.582 bits per heavy atom. The molecule has 1 fully saturated rings. The third kappa shape index (κ3) is 9.67. The Kier molecular flexibility index (Phi) is 12.8. The van der Waals surface area contributed by atoms with Crippen molar-refractivity contribution in [2.24, 2.45) is 0 Å². The fourth-order valence-electron chi connectivity index (χ4n) is 6.11. The second-order valence-electron chi connectivity index (χ2n) is 14.0. The molecule has 0 saturated carbocycles. The highest BCUT2D eigenvalue weighted by Gasteiger charge is 2.55. The second-order valence-corrected chi connectivity index (χ2v) is 14.0. The van der Waals surface area contributed by atoms with Crippen molar-refractivity contribution in [2.75, 3.05) is 6.61 Å². The van der Waals surface area contributed by atoms with Gasteiger partial charge in [-0.15, -0.1) is 0 Å². The molecule has 1 heterocycles. The number of carbonyl (C=O) groups excluding carboxylic acids is 5. The van der Waals surface area contributed by atoms with Crippen molar-refractivity contribution in [3.63, 3.8) is 0 Å². The maximum absolute atomic E-state index is 13.9. The first kappa shape index (κ1) is 46.9. The van der Waals surface area contributed by atoms with Gasteiger partial charge < -0.3 is 105 Å². The van der Waals surface area contributed by atoms with E-state index in [0.29, 0.717) is 60.7 Å². The normalized spacial score (nSPS) is 17.7. The lowest BCUT2D eigenvalue weighted by molar-refractivity contribution is -0.282. The van der Waals surface area contributed by atoms with Crippen molar-refractivity contribution in [3.8, 4) is 86.2 Å². The minimum Gasteiger partial charge on any atom is -0.504 e. The van der Waals surface area contributed by atoms with Crippen LogP contribution in [0.1, 0.15) is 51.8 Å². The first-order valence-electron chi connectivity index (χ1n) is 18.4. The van der Waals surface area contributed by atoms with Crippen LogP contribution < -0.4 is 0 Å². The van der Waals surface area contributed by atoms with Crippen LogP contribution in [0.2, 0.25) is 0 Å². The molecule has 0 bridgehead atoms. The first-order valence-corrected chi connectivity index (χ1v) is 18.4. The van der Waals surface area contributed by atoms with Crippen LogP contribution in [0.3, 0.4) is 0 Å². The molecular weight excluding hydrogens is 908 g/mol. The average molecular weight is 941 g/mol. The maximum Gasteiger partial charge on any atom is 0.340 e. The van der Waals surface area contributed by atoms with Gasteiger partial charge in [0.2, 0.25) is 12.4 Å². The van der Waals surface area contributed by atoms with Gasteiger partial charge in [-0.3, -0.25) is 0 Å². The van der Waals surface area contributed by atoms with Crippen LogP contribution >= 0.6 is 0 Å². The van der Waals surface area contributed by atoms with E-state index < -0.39 is 181 Å². The number of carbonyl (C=O) groups is 5. The Bertz CT molecular complexity index is 2720. The molecule has 0 amide bonds. The van der Waals surface area contributed by atoms with Crippen molar-refractivity contribution in [1.29, 1.82) is 0 Å². The Balaban J connectivity index is 1.52. The third-order valence-electron chi connectivity index (χ3n) is 9.45. The largest absolute Gasteiger partial charge is 0.504 e. The molecule has 26 heteroatoms. The van der Waals surface area contributed by atoms with Crippen molar-refractivity contribution in [1.82, 2.24) is 0 Å². The van der Waals surface area contributed by atoms with Gasteiger partial charge in [0.25, 0.3) is 0 Å². The van der Waals surface area contributed by atoms with Crippen LogP contribution in [0, 0.1) is 0 Å². The van der Waals surface area contributed by atoms with E-state index in [1.54, 1.807) is 0 Å². The van der Waals surface area contributed by atoms with Crippen LogP contribution in [-0.2, 0) is 28.4 Å². The molecule has 5 atom stereocenters. The second kappa shape index (κ2) is 18.3. The van der Waals surface area contributed by atoms with Crippen molar-refractivity contribution >= 4 is 29.8 Å². The van der Waals surface area contributed by atoms with Gasteiger partial charge in [0, 0.05) is 0 Å². The highest BCUT2D eigenvalue weighted by molar-refractivity contribution is 5.94. The Hall–Kier alpha value is -9.59. The van der Waals surface area contributed by atoms with E-state index >= 15 is 0 Å². The van der Waals surface area contributed by atoms with E-state index in [-0.39, 0.29) is 0 Å². The summed E-state index contributed by atoms with van der Waals surface area (Å²) in [5.41, 5.74) is -3.88. The highest BCUT2D eigenvalue weighted by Crippen LogP contribution is 2.41. The zero-order chi connectivity index (χ0) is 49.3. The van der Waals surface area contributed by atoms with Crippen LogP contribution in [0.25, 0.3) is 0 Å². The predicted molar refractivity (Wildman–Crippen MR) is 209 cm³/mol. The van der Waals surface area contributed by atoms with E-state index in [1.807, 2.05) is 0 Å². The lowest BCUT2D eigenvalue weighted by Gasteiger charge is -2.43. The molecule has 5 aromatic carbocycles. The molecule has 0 aliphatic carbocycles. The number of ether oxygens (including phenoxy) is 6. The fraction of sp³-hybridized carbons (Fsp3) is 0.146.